The highest BCUT2D eigenvalue weighted by Crippen LogP contribution is 2.28. The zero-order valence-corrected chi connectivity index (χ0v) is 24.6. The summed E-state index contributed by atoms with van der Waals surface area (Å²) in [6.45, 7) is 5.29. The molecule has 240 valence electrons. The summed E-state index contributed by atoms with van der Waals surface area (Å²) in [7, 11) is 0. The van der Waals surface area contributed by atoms with Crippen LogP contribution in [0.15, 0.2) is 49.8 Å². The van der Waals surface area contributed by atoms with Crippen LogP contribution in [-0.4, -0.2) is 77.2 Å². The molecule has 44 heavy (non-hydrogen) atoms. The number of ether oxygens (including phenoxy) is 3. The highest BCUT2D eigenvalue weighted by atomic mass is 16.5. The predicted octanol–water partition coefficient (Wildman–Crippen LogP) is -1.00. The van der Waals surface area contributed by atoms with E-state index in [-0.39, 0.29) is 38.2 Å². The number of nitrogens with zero attached hydrogens (tertiary/aromatic N) is 2. The molecule has 3 aromatic rings. The van der Waals surface area contributed by atoms with Crippen LogP contribution in [0.1, 0.15) is 53.1 Å². The van der Waals surface area contributed by atoms with E-state index in [1.807, 2.05) is 32.0 Å². The minimum absolute atomic E-state index is 0.0299. The molecule has 0 radical (unpaired) electrons. The number of aromatic amines is 2. The fourth-order valence-corrected chi connectivity index (χ4v) is 5.08. The molecule has 0 bridgehead atoms. The Hall–Kier alpha value is -3.70. The monoisotopic (exact) mass is 618 g/mol. The third kappa shape index (κ3) is 7.50. The Kier molecular flexibility index (Phi) is 10.9. The van der Waals surface area contributed by atoms with Crippen LogP contribution in [0.3, 0.4) is 0 Å². The van der Waals surface area contributed by atoms with E-state index in [2.05, 4.69) is 9.97 Å². The van der Waals surface area contributed by atoms with Gasteiger partial charge in [-0.2, -0.15) is 0 Å². The van der Waals surface area contributed by atoms with Gasteiger partial charge in [0.25, 0.3) is 11.1 Å². The van der Waals surface area contributed by atoms with E-state index in [9.17, 15) is 34.5 Å². The Morgan fingerprint density at radius 2 is 1.27 bits per heavy atom. The first-order valence-electron chi connectivity index (χ1n) is 14.1. The van der Waals surface area contributed by atoms with Crippen LogP contribution < -0.4 is 22.5 Å². The van der Waals surface area contributed by atoms with Gasteiger partial charge < -0.3 is 34.6 Å². The van der Waals surface area contributed by atoms with Crippen LogP contribution in [0.25, 0.3) is 0 Å². The number of hydrogen-bond donors (Lipinski definition) is 6. The van der Waals surface area contributed by atoms with E-state index in [4.69, 9.17) is 19.3 Å². The van der Waals surface area contributed by atoms with Crippen molar-refractivity contribution in [2.75, 3.05) is 13.2 Å². The van der Waals surface area contributed by atoms with Crippen molar-refractivity contribution in [1.29, 1.82) is 0 Å². The van der Waals surface area contributed by atoms with Crippen LogP contribution in [0.4, 0.5) is 0 Å². The summed E-state index contributed by atoms with van der Waals surface area (Å²) in [5.74, 6) is 0. The number of hydrogen-bond acceptors (Lipinski definition) is 11. The van der Waals surface area contributed by atoms with Crippen LogP contribution in [-0.2, 0) is 27.4 Å². The van der Waals surface area contributed by atoms with E-state index in [1.165, 1.54) is 21.5 Å². The molecule has 6 N–H and O–H groups in total. The van der Waals surface area contributed by atoms with Gasteiger partial charge >= 0.3 is 11.4 Å². The number of nitrogens with one attached hydrogen (secondary N) is 2. The second-order valence-electron chi connectivity index (χ2n) is 10.9. The van der Waals surface area contributed by atoms with E-state index < -0.39 is 59.4 Å². The topological polar surface area (TPSA) is 218 Å². The molecule has 2 saturated heterocycles. The molecular weight excluding hydrogens is 580 g/mol. The molecule has 15 nitrogen and oxygen atoms in total. The van der Waals surface area contributed by atoms with Gasteiger partial charge in [0.05, 0.1) is 44.2 Å². The first-order chi connectivity index (χ1) is 20.9. The lowest BCUT2D eigenvalue weighted by molar-refractivity contribution is -0.0461. The largest absolute Gasteiger partial charge is 0.394 e. The fourth-order valence-electron chi connectivity index (χ4n) is 5.08. The van der Waals surface area contributed by atoms with Gasteiger partial charge in [-0.3, -0.25) is 28.7 Å². The Morgan fingerprint density at radius 1 is 0.773 bits per heavy atom. The SMILES string of the molecule is Cc1cccc(C)c1COCc1cn([C@H]2CC(O)[C@@H](CO)O2)c(=O)[nH]c1=O.Cc1cn([C@H]2CC(O)[C@@H](CO)O2)c(=O)[nH]c1=O. The summed E-state index contributed by atoms with van der Waals surface area (Å²) in [4.78, 5) is 51.4. The van der Waals surface area contributed by atoms with Crippen molar-refractivity contribution in [1.82, 2.24) is 19.1 Å². The molecule has 2 unspecified atom stereocenters. The van der Waals surface area contributed by atoms with Gasteiger partial charge in [-0.1, -0.05) is 18.2 Å². The van der Waals surface area contributed by atoms with Gasteiger partial charge in [-0.15, -0.1) is 0 Å². The second-order valence-corrected chi connectivity index (χ2v) is 10.9. The number of rotatable bonds is 8. The minimum Gasteiger partial charge on any atom is -0.394 e. The number of H-pyrrole nitrogens is 2. The highest BCUT2D eigenvalue weighted by molar-refractivity contribution is 5.32. The molecule has 0 spiro atoms. The van der Waals surface area contributed by atoms with Crippen LogP contribution in [0, 0.1) is 20.8 Å². The predicted molar refractivity (Wildman–Crippen MR) is 155 cm³/mol. The molecular formula is C29H38N4O11. The lowest BCUT2D eigenvalue weighted by Gasteiger charge is -2.15. The minimum atomic E-state index is -0.873. The normalized spacial score (nSPS) is 24.7. The molecule has 0 saturated carbocycles. The highest BCUT2D eigenvalue weighted by Gasteiger charge is 2.36. The molecule has 2 aliphatic rings. The zero-order valence-electron chi connectivity index (χ0n) is 24.6. The number of aryl methyl sites for hydroxylation is 3. The molecule has 2 fully saturated rings. The first kappa shape index (κ1) is 33.2. The lowest BCUT2D eigenvalue weighted by Crippen LogP contribution is -2.34. The lowest BCUT2D eigenvalue weighted by atomic mass is 10.0. The quantitative estimate of drug-likeness (QED) is 0.180. The summed E-state index contributed by atoms with van der Waals surface area (Å²) in [5, 5.41) is 37.5. The zero-order chi connectivity index (χ0) is 32.1. The van der Waals surface area contributed by atoms with E-state index in [1.54, 1.807) is 6.92 Å². The van der Waals surface area contributed by atoms with Gasteiger partial charge in [0.15, 0.2) is 0 Å². The molecule has 0 aliphatic carbocycles. The maximum absolute atomic E-state index is 12.1. The Morgan fingerprint density at radius 3 is 1.77 bits per heavy atom. The van der Waals surface area contributed by atoms with Crippen LogP contribution >= 0.6 is 0 Å². The van der Waals surface area contributed by atoms with Crippen molar-refractivity contribution < 1.29 is 34.6 Å². The van der Waals surface area contributed by atoms with E-state index >= 15 is 0 Å². The Labute approximate surface area is 250 Å². The van der Waals surface area contributed by atoms with Crippen molar-refractivity contribution in [2.45, 2.75) is 83.7 Å². The molecule has 15 heteroatoms. The average Bonchev–Trinajstić information content (AvgIpc) is 3.54. The Balaban J connectivity index is 0.000000223. The number of aromatic nitrogens is 4. The van der Waals surface area contributed by atoms with E-state index in [0.717, 1.165) is 16.7 Å². The van der Waals surface area contributed by atoms with Crippen molar-refractivity contribution >= 4 is 0 Å². The summed E-state index contributed by atoms with van der Waals surface area (Å²) >= 11 is 0. The molecule has 6 atom stereocenters. The van der Waals surface area contributed by atoms with Gasteiger partial charge in [0, 0.05) is 30.8 Å². The van der Waals surface area contributed by atoms with Crippen molar-refractivity contribution in [3.8, 4) is 0 Å². The molecule has 2 aromatic heterocycles. The van der Waals surface area contributed by atoms with Gasteiger partial charge in [-0.25, -0.2) is 9.59 Å². The standard InChI is InChI=1S/C19H24N2O6.C10H14N2O5/c1-11-4-3-5-12(2)14(11)10-26-9-13-7-21(19(25)20-18(13)24)17-6-15(23)16(8-22)27-17;1-5-3-12(10(16)11-9(5)15)8-2-6(14)7(4-13)17-8/h3-5,7,15-17,22-23H,6,8-10H2,1-2H3,(H,20,24,25);3,6-8,13-14H,2,4H2,1H3,(H,11,15,16)/t15?,16-,17-;6?,7-,8-/m11/s1. The van der Waals surface area contributed by atoms with Crippen molar-refractivity contribution in [3.05, 3.63) is 100 Å². The molecule has 2 aliphatic heterocycles. The average molecular weight is 619 g/mol. The number of aliphatic hydroxyl groups is 4. The Bertz CT molecular complexity index is 1660. The summed E-state index contributed by atoms with van der Waals surface area (Å²) in [6.07, 6.45) is -1.41. The number of benzene rings is 1. The van der Waals surface area contributed by atoms with Crippen molar-refractivity contribution in [2.24, 2.45) is 0 Å². The van der Waals surface area contributed by atoms with E-state index in [0.29, 0.717) is 12.2 Å². The second kappa shape index (κ2) is 14.4. The smallest absolute Gasteiger partial charge is 0.330 e. The van der Waals surface area contributed by atoms with Crippen LogP contribution in [0.5, 0.6) is 0 Å². The van der Waals surface area contributed by atoms with Crippen LogP contribution in [0.2, 0.25) is 0 Å². The summed E-state index contributed by atoms with van der Waals surface area (Å²) in [6, 6.07) is 5.97. The first-order valence-corrected chi connectivity index (χ1v) is 14.1. The third-order valence-electron chi connectivity index (χ3n) is 7.72. The van der Waals surface area contributed by atoms with Crippen molar-refractivity contribution in [3.63, 3.8) is 0 Å². The maximum Gasteiger partial charge on any atom is 0.330 e. The van der Waals surface area contributed by atoms with Gasteiger partial charge in [0.1, 0.15) is 24.7 Å². The maximum atomic E-state index is 12.1. The summed E-state index contributed by atoms with van der Waals surface area (Å²) in [5.41, 5.74) is 1.77. The number of aliphatic hydroxyl groups excluding tert-OH is 4. The van der Waals surface area contributed by atoms with Gasteiger partial charge in [-0.05, 0) is 37.5 Å². The molecule has 1 aromatic carbocycles. The summed E-state index contributed by atoms with van der Waals surface area (Å²) < 4.78 is 19.0. The fraction of sp³-hybridized carbons (Fsp3) is 0.517. The molecule has 5 rings (SSSR count). The molecule has 0 amide bonds. The third-order valence-corrected chi connectivity index (χ3v) is 7.72. The molecule has 4 heterocycles. The van der Waals surface area contributed by atoms with Gasteiger partial charge in [0.2, 0.25) is 0 Å².